The summed E-state index contributed by atoms with van der Waals surface area (Å²) in [5, 5.41) is 13.8. The number of aromatic nitrogens is 2. The highest BCUT2D eigenvalue weighted by Gasteiger charge is 2.03. The molecule has 0 spiro atoms. The topological polar surface area (TPSA) is 82.9 Å². The standard InChI is InChI=1S/C19H19N5O/c1-14-10-11-21-19(22-14)24-18(20)23-16-8-5-9-17(12-16)25-13-15-6-3-2-4-7-15/h2-12H,13H2,1H3,(H3,20,21,22,23,24). The molecule has 0 unspecified atom stereocenters. The van der Waals surface area contributed by atoms with E-state index in [0.717, 1.165) is 22.7 Å². The van der Waals surface area contributed by atoms with Crippen LogP contribution in [0.1, 0.15) is 11.3 Å². The second-order valence-electron chi connectivity index (χ2n) is 5.45. The van der Waals surface area contributed by atoms with E-state index in [1.807, 2.05) is 61.5 Å². The van der Waals surface area contributed by atoms with Crippen LogP contribution in [0.3, 0.4) is 0 Å². The quantitative estimate of drug-likeness (QED) is 0.488. The zero-order chi connectivity index (χ0) is 17.5. The van der Waals surface area contributed by atoms with Crippen LogP contribution in [0.15, 0.2) is 66.9 Å². The first-order valence-electron chi connectivity index (χ1n) is 7.88. The van der Waals surface area contributed by atoms with Gasteiger partial charge in [0.1, 0.15) is 12.4 Å². The van der Waals surface area contributed by atoms with Gasteiger partial charge in [0.25, 0.3) is 0 Å². The van der Waals surface area contributed by atoms with Crippen molar-refractivity contribution in [1.29, 1.82) is 5.41 Å². The van der Waals surface area contributed by atoms with Crippen LogP contribution in [-0.2, 0) is 6.61 Å². The van der Waals surface area contributed by atoms with Crippen LogP contribution < -0.4 is 15.4 Å². The van der Waals surface area contributed by atoms with Crippen LogP contribution in [0.4, 0.5) is 11.6 Å². The van der Waals surface area contributed by atoms with Gasteiger partial charge in [-0.15, -0.1) is 0 Å². The van der Waals surface area contributed by atoms with Crippen LogP contribution in [0, 0.1) is 12.3 Å². The Morgan fingerprint density at radius 2 is 1.88 bits per heavy atom. The second-order valence-corrected chi connectivity index (χ2v) is 5.45. The molecule has 0 aliphatic heterocycles. The van der Waals surface area contributed by atoms with Crippen molar-refractivity contribution in [2.45, 2.75) is 13.5 Å². The lowest BCUT2D eigenvalue weighted by molar-refractivity contribution is 0.306. The summed E-state index contributed by atoms with van der Waals surface area (Å²) in [7, 11) is 0. The van der Waals surface area contributed by atoms with Crippen molar-refractivity contribution in [1.82, 2.24) is 9.97 Å². The molecule has 0 aliphatic carbocycles. The first-order valence-corrected chi connectivity index (χ1v) is 7.88. The van der Waals surface area contributed by atoms with Crippen LogP contribution in [-0.4, -0.2) is 15.9 Å². The second kappa shape index (κ2) is 7.92. The molecule has 0 saturated heterocycles. The van der Waals surface area contributed by atoms with Gasteiger partial charge in [0.2, 0.25) is 5.95 Å². The van der Waals surface area contributed by atoms with Gasteiger partial charge >= 0.3 is 0 Å². The highest BCUT2D eigenvalue weighted by Crippen LogP contribution is 2.18. The van der Waals surface area contributed by atoms with Crippen molar-refractivity contribution in [3.8, 4) is 5.75 Å². The maximum Gasteiger partial charge on any atom is 0.229 e. The Balaban J connectivity index is 1.58. The Morgan fingerprint density at radius 1 is 1.04 bits per heavy atom. The van der Waals surface area contributed by atoms with Crippen LogP contribution in [0.2, 0.25) is 0 Å². The maximum atomic E-state index is 8.00. The number of hydrogen-bond acceptors (Lipinski definition) is 4. The minimum atomic E-state index is 0.0887. The molecule has 3 rings (SSSR count). The molecule has 6 heteroatoms. The largest absolute Gasteiger partial charge is 0.489 e. The fraction of sp³-hybridized carbons (Fsp3) is 0.105. The number of nitrogens with zero attached hydrogens (tertiary/aromatic N) is 2. The van der Waals surface area contributed by atoms with Crippen LogP contribution in [0.25, 0.3) is 0 Å². The summed E-state index contributed by atoms with van der Waals surface area (Å²) in [6.07, 6.45) is 1.65. The fourth-order valence-electron chi connectivity index (χ4n) is 2.20. The summed E-state index contributed by atoms with van der Waals surface area (Å²) >= 11 is 0. The molecule has 1 aromatic heterocycles. The molecule has 0 atom stereocenters. The lowest BCUT2D eigenvalue weighted by atomic mass is 10.2. The third kappa shape index (κ3) is 5.04. The minimum absolute atomic E-state index is 0.0887. The van der Waals surface area contributed by atoms with Gasteiger partial charge in [-0.1, -0.05) is 36.4 Å². The highest BCUT2D eigenvalue weighted by atomic mass is 16.5. The van der Waals surface area contributed by atoms with Crippen LogP contribution >= 0.6 is 0 Å². The number of aryl methyl sites for hydroxylation is 1. The van der Waals surface area contributed by atoms with Gasteiger partial charge in [-0.3, -0.25) is 10.7 Å². The smallest absolute Gasteiger partial charge is 0.229 e. The van der Waals surface area contributed by atoms with Gasteiger partial charge in [0.05, 0.1) is 0 Å². The van der Waals surface area contributed by atoms with E-state index >= 15 is 0 Å². The summed E-state index contributed by atoms with van der Waals surface area (Å²) < 4.78 is 5.79. The Labute approximate surface area is 146 Å². The molecule has 0 aliphatic rings. The molecule has 25 heavy (non-hydrogen) atoms. The molecule has 1 heterocycles. The normalized spacial score (nSPS) is 10.1. The molecule has 0 amide bonds. The number of ether oxygens (including phenoxy) is 1. The van der Waals surface area contributed by atoms with Crippen molar-refractivity contribution < 1.29 is 4.74 Å². The Bertz CT molecular complexity index is 851. The number of rotatable bonds is 5. The predicted octanol–water partition coefficient (Wildman–Crippen LogP) is 3.82. The average Bonchev–Trinajstić information content (AvgIpc) is 2.61. The lowest BCUT2D eigenvalue weighted by Gasteiger charge is -2.11. The first kappa shape index (κ1) is 16.4. The monoisotopic (exact) mass is 333 g/mol. The highest BCUT2D eigenvalue weighted by molar-refractivity contribution is 6.00. The van der Waals surface area contributed by atoms with Gasteiger partial charge < -0.3 is 10.1 Å². The van der Waals surface area contributed by atoms with Crippen molar-refractivity contribution in [2.24, 2.45) is 0 Å². The molecule has 0 radical (unpaired) electrons. The maximum absolute atomic E-state index is 8.00. The number of benzene rings is 2. The summed E-state index contributed by atoms with van der Waals surface area (Å²) in [6.45, 7) is 2.37. The first-order chi connectivity index (χ1) is 12.2. The Morgan fingerprint density at radius 3 is 2.68 bits per heavy atom. The van der Waals surface area contributed by atoms with Crippen LogP contribution in [0.5, 0.6) is 5.75 Å². The van der Waals surface area contributed by atoms with Gasteiger partial charge in [-0.25, -0.2) is 9.97 Å². The lowest BCUT2D eigenvalue weighted by Crippen LogP contribution is -2.21. The molecule has 126 valence electrons. The molecule has 0 fully saturated rings. The van der Waals surface area contributed by atoms with E-state index in [1.165, 1.54) is 0 Å². The van der Waals surface area contributed by atoms with Crippen molar-refractivity contribution >= 4 is 17.6 Å². The van der Waals surface area contributed by atoms with E-state index in [1.54, 1.807) is 12.3 Å². The number of anilines is 2. The summed E-state index contributed by atoms with van der Waals surface area (Å²) in [5.41, 5.74) is 2.68. The third-order valence-corrected chi connectivity index (χ3v) is 3.38. The van der Waals surface area contributed by atoms with Gasteiger partial charge in [0, 0.05) is 23.6 Å². The predicted molar refractivity (Wildman–Crippen MR) is 99.0 cm³/mol. The molecule has 6 nitrogen and oxygen atoms in total. The third-order valence-electron chi connectivity index (χ3n) is 3.38. The molecule has 0 bridgehead atoms. The van der Waals surface area contributed by atoms with E-state index in [-0.39, 0.29) is 5.96 Å². The summed E-state index contributed by atoms with van der Waals surface area (Å²) in [6, 6.07) is 19.2. The average molecular weight is 333 g/mol. The zero-order valence-electron chi connectivity index (χ0n) is 13.9. The SMILES string of the molecule is Cc1ccnc(NC(=N)Nc2cccc(OCc3ccccc3)c2)n1. The zero-order valence-corrected chi connectivity index (χ0v) is 13.9. The molecular weight excluding hydrogens is 314 g/mol. The van der Waals surface area contributed by atoms with E-state index < -0.39 is 0 Å². The van der Waals surface area contributed by atoms with E-state index in [4.69, 9.17) is 10.1 Å². The Hall–Kier alpha value is -3.41. The van der Waals surface area contributed by atoms with E-state index in [9.17, 15) is 0 Å². The molecule has 2 aromatic carbocycles. The number of hydrogen-bond donors (Lipinski definition) is 3. The fourth-order valence-corrected chi connectivity index (χ4v) is 2.20. The van der Waals surface area contributed by atoms with Gasteiger partial charge in [-0.05, 0) is 30.7 Å². The molecule has 3 aromatic rings. The van der Waals surface area contributed by atoms with E-state index in [0.29, 0.717) is 12.6 Å². The molecule has 0 saturated carbocycles. The minimum Gasteiger partial charge on any atom is -0.489 e. The number of nitrogens with one attached hydrogen (secondary N) is 3. The summed E-state index contributed by atoms with van der Waals surface area (Å²) in [4.78, 5) is 8.28. The molecular formula is C19H19N5O. The van der Waals surface area contributed by atoms with Crippen molar-refractivity contribution in [3.63, 3.8) is 0 Å². The van der Waals surface area contributed by atoms with Crippen molar-refractivity contribution in [2.75, 3.05) is 10.6 Å². The molecule has 3 N–H and O–H groups in total. The Kier molecular flexibility index (Phi) is 5.21. The number of guanidine groups is 1. The summed E-state index contributed by atoms with van der Waals surface area (Å²) in [5.74, 6) is 1.20. The van der Waals surface area contributed by atoms with Gasteiger partial charge in [0.15, 0.2) is 5.96 Å². The van der Waals surface area contributed by atoms with Crippen molar-refractivity contribution in [3.05, 3.63) is 78.1 Å². The van der Waals surface area contributed by atoms with E-state index in [2.05, 4.69) is 20.6 Å². The van der Waals surface area contributed by atoms with Gasteiger partial charge in [-0.2, -0.15) is 0 Å².